The third-order valence-corrected chi connectivity index (χ3v) is 3.72. The van der Waals surface area contributed by atoms with Crippen LogP contribution in [0.15, 0.2) is 0 Å². The van der Waals surface area contributed by atoms with Crippen LogP contribution in [0.4, 0.5) is 0 Å². The Morgan fingerprint density at radius 1 is 1.28 bits per heavy atom. The van der Waals surface area contributed by atoms with Gasteiger partial charge in [-0.25, -0.2) is 0 Å². The predicted molar refractivity (Wildman–Crippen MR) is 72.0 cm³/mol. The molecule has 4 heteroatoms. The summed E-state index contributed by atoms with van der Waals surface area (Å²) in [7, 11) is 0. The van der Waals surface area contributed by atoms with E-state index in [-0.39, 0.29) is 24.4 Å². The van der Waals surface area contributed by atoms with Crippen LogP contribution in [0.3, 0.4) is 0 Å². The van der Waals surface area contributed by atoms with Gasteiger partial charge in [0, 0.05) is 6.54 Å². The molecule has 1 aliphatic rings. The van der Waals surface area contributed by atoms with Gasteiger partial charge in [-0.05, 0) is 18.3 Å². The van der Waals surface area contributed by atoms with Crippen LogP contribution in [-0.4, -0.2) is 35.8 Å². The summed E-state index contributed by atoms with van der Waals surface area (Å²) in [6.07, 6.45) is 2.85. The first-order chi connectivity index (χ1) is 8.49. The van der Waals surface area contributed by atoms with Gasteiger partial charge in [0.15, 0.2) is 0 Å². The van der Waals surface area contributed by atoms with E-state index in [4.69, 9.17) is 0 Å². The van der Waals surface area contributed by atoms with Crippen molar-refractivity contribution in [2.75, 3.05) is 13.1 Å². The Bertz CT molecular complexity index is 298. The molecule has 1 rings (SSSR count). The van der Waals surface area contributed by atoms with Crippen LogP contribution in [0.5, 0.6) is 0 Å². The highest BCUT2D eigenvalue weighted by atomic mass is 16.2. The van der Waals surface area contributed by atoms with Crippen molar-refractivity contribution in [1.29, 1.82) is 0 Å². The number of rotatable bonds is 6. The molecule has 0 spiro atoms. The number of piperazine rings is 1. The quantitative estimate of drug-likeness (QED) is 0.785. The molecule has 1 atom stereocenters. The first-order valence-electron chi connectivity index (χ1n) is 7.06. The second-order valence-electron chi connectivity index (χ2n) is 5.59. The molecule has 18 heavy (non-hydrogen) atoms. The van der Waals surface area contributed by atoms with Gasteiger partial charge in [0.25, 0.3) is 0 Å². The second kappa shape index (κ2) is 6.76. The molecule has 1 fully saturated rings. The van der Waals surface area contributed by atoms with Gasteiger partial charge < -0.3 is 10.2 Å². The fourth-order valence-corrected chi connectivity index (χ4v) is 2.43. The Balaban J connectivity index is 2.78. The third-order valence-electron chi connectivity index (χ3n) is 3.72. The number of carbonyl (C=O) groups excluding carboxylic acids is 2. The Morgan fingerprint density at radius 3 is 2.39 bits per heavy atom. The molecule has 4 nitrogen and oxygen atoms in total. The van der Waals surface area contributed by atoms with Crippen LogP contribution in [0.1, 0.15) is 47.0 Å². The minimum Gasteiger partial charge on any atom is -0.345 e. The lowest BCUT2D eigenvalue weighted by molar-refractivity contribution is -0.147. The van der Waals surface area contributed by atoms with Crippen molar-refractivity contribution in [1.82, 2.24) is 10.2 Å². The molecule has 1 saturated heterocycles. The maximum Gasteiger partial charge on any atom is 0.243 e. The number of hydrogen-bond donors (Lipinski definition) is 1. The first kappa shape index (κ1) is 15.0. The molecule has 2 amide bonds. The molecule has 1 heterocycles. The van der Waals surface area contributed by atoms with Crippen LogP contribution in [0.2, 0.25) is 0 Å². The molecule has 0 aromatic heterocycles. The highest BCUT2D eigenvalue weighted by Crippen LogP contribution is 2.19. The number of hydrogen-bond acceptors (Lipinski definition) is 2. The Labute approximate surface area is 110 Å². The van der Waals surface area contributed by atoms with E-state index >= 15 is 0 Å². The standard InChI is InChI=1S/C14H26N2O2/c1-5-11(6-2)9-16-12(7-10(3)4)14(18)15-8-13(16)17/h10-12H,5-9H2,1-4H3,(H,15,18). The molecule has 1 N–H and O–H groups in total. The summed E-state index contributed by atoms with van der Waals surface area (Å²) in [5.74, 6) is 0.978. The van der Waals surface area contributed by atoms with Crippen LogP contribution in [-0.2, 0) is 9.59 Å². The van der Waals surface area contributed by atoms with E-state index in [1.165, 1.54) is 0 Å². The van der Waals surface area contributed by atoms with Crippen LogP contribution >= 0.6 is 0 Å². The topological polar surface area (TPSA) is 49.4 Å². The molecule has 104 valence electrons. The molecular weight excluding hydrogens is 228 g/mol. The van der Waals surface area contributed by atoms with E-state index in [2.05, 4.69) is 33.0 Å². The van der Waals surface area contributed by atoms with Crippen molar-refractivity contribution >= 4 is 11.8 Å². The van der Waals surface area contributed by atoms with E-state index < -0.39 is 0 Å². The van der Waals surface area contributed by atoms with Gasteiger partial charge in [0.1, 0.15) is 6.04 Å². The Kier molecular flexibility index (Phi) is 5.63. The number of carbonyl (C=O) groups is 2. The minimum atomic E-state index is -0.271. The zero-order valence-corrected chi connectivity index (χ0v) is 12.0. The van der Waals surface area contributed by atoms with Crippen molar-refractivity contribution in [3.8, 4) is 0 Å². The molecule has 1 unspecified atom stereocenters. The van der Waals surface area contributed by atoms with Gasteiger partial charge in [0.05, 0.1) is 6.54 Å². The summed E-state index contributed by atoms with van der Waals surface area (Å²) in [5, 5.41) is 2.70. The number of nitrogens with one attached hydrogen (secondary N) is 1. The monoisotopic (exact) mass is 254 g/mol. The fraction of sp³-hybridized carbons (Fsp3) is 0.857. The van der Waals surface area contributed by atoms with Crippen molar-refractivity contribution in [2.24, 2.45) is 11.8 Å². The Morgan fingerprint density at radius 2 is 1.89 bits per heavy atom. The van der Waals surface area contributed by atoms with E-state index in [1.807, 2.05) is 0 Å². The summed E-state index contributed by atoms with van der Waals surface area (Å²) in [4.78, 5) is 25.8. The predicted octanol–water partition coefficient (Wildman–Crippen LogP) is 1.80. The van der Waals surface area contributed by atoms with Crippen LogP contribution in [0.25, 0.3) is 0 Å². The molecule has 0 aromatic carbocycles. The maximum atomic E-state index is 12.0. The highest BCUT2D eigenvalue weighted by Gasteiger charge is 2.35. The SMILES string of the molecule is CCC(CC)CN1C(=O)CNC(=O)C1CC(C)C. The normalized spacial score (nSPS) is 20.8. The van der Waals surface area contributed by atoms with Gasteiger partial charge in [0.2, 0.25) is 11.8 Å². The molecule has 0 bridgehead atoms. The zero-order valence-electron chi connectivity index (χ0n) is 12.0. The van der Waals surface area contributed by atoms with Gasteiger partial charge in [-0.1, -0.05) is 40.5 Å². The summed E-state index contributed by atoms with van der Waals surface area (Å²) < 4.78 is 0. The third kappa shape index (κ3) is 3.72. The van der Waals surface area contributed by atoms with Gasteiger partial charge in [-0.2, -0.15) is 0 Å². The fourth-order valence-electron chi connectivity index (χ4n) is 2.43. The molecule has 0 radical (unpaired) electrons. The lowest BCUT2D eigenvalue weighted by Crippen LogP contribution is -2.59. The van der Waals surface area contributed by atoms with E-state index in [9.17, 15) is 9.59 Å². The summed E-state index contributed by atoms with van der Waals surface area (Å²) in [6, 6.07) is -0.271. The summed E-state index contributed by atoms with van der Waals surface area (Å²) >= 11 is 0. The van der Waals surface area contributed by atoms with Crippen molar-refractivity contribution in [3.05, 3.63) is 0 Å². The van der Waals surface area contributed by atoms with Crippen molar-refractivity contribution in [3.63, 3.8) is 0 Å². The lowest BCUT2D eigenvalue weighted by atomic mass is 9.96. The van der Waals surface area contributed by atoms with Crippen LogP contribution in [0, 0.1) is 11.8 Å². The summed E-state index contributed by atoms with van der Waals surface area (Å²) in [6.45, 7) is 9.33. The molecule has 0 aliphatic carbocycles. The minimum absolute atomic E-state index is 0.00857. The highest BCUT2D eigenvalue weighted by molar-refractivity contribution is 5.94. The maximum absolute atomic E-state index is 12.0. The van der Waals surface area contributed by atoms with Crippen LogP contribution < -0.4 is 5.32 Å². The zero-order chi connectivity index (χ0) is 13.7. The average Bonchev–Trinajstić information content (AvgIpc) is 2.33. The van der Waals surface area contributed by atoms with E-state index in [0.29, 0.717) is 11.8 Å². The molecular formula is C14H26N2O2. The Hall–Kier alpha value is -1.06. The first-order valence-corrected chi connectivity index (χ1v) is 7.06. The van der Waals surface area contributed by atoms with Crippen molar-refractivity contribution < 1.29 is 9.59 Å². The smallest absolute Gasteiger partial charge is 0.243 e. The number of nitrogens with zero attached hydrogens (tertiary/aromatic N) is 1. The second-order valence-corrected chi connectivity index (χ2v) is 5.59. The molecule has 0 aromatic rings. The molecule has 1 aliphatic heterocycles. The van der Waals surface area contributed by atoms with E-state index in [0.717, 1.165) is 25.8 Å². The lowest BCUT2D eigenvalue weighted by Gasteiger charge is -2.37. The molecule has 0 saturated carbocycles. The van der Waals surface area contributed by atoms with E-state index in [1.54, 1.807) is 4.90 Å². The largest absolute Gasteiger partial charge is 0.345 e. The summed E-state index contributed by atoms with van der Waals surface area (Å²) in [5.41, 5.74) is 0. The van der Waals surface area contributed by atoms with Crippen molar-refractivity contribution in [2.45, 2.75) is 53.0 Å². The average molecular weight is 254 g/mol. The number of amides is 2. The van der Waals surface area contributed by atoms with Gasteiger partial charge in [-0.15, -0.1) is 0 Å². The van der Waals surface area contributed by atoms with Gasteiger partial charge in [-0.3, -0.25) is 9.59 Å². The van der Waals surface area contributed by atoms with Gasteiger partial charge >= 0.3 is 0 Å².